The van der Waals surface area contributed by atoms with Gasteiger partial charge < -0.3 is 24.9 Å². The van der Waals surface area contributed by atoms with Crippen molar-refractivity contribution in [3.8, 4) is 0 Å². The van der Waals surface area contributed by atoms with Crippen molar-refractivity contribution in [3.63, 3.8) is 0 Å². The molecule has 2 aromatic heterocycles. The van der Waals surface area contributed by atoms with Crippen LogP contribution in [0.4, 0.5) is 23.4 Å². The summed E-state index contributed by atoms with van der Waals surface area (Å²) in [5.74, 6) is -7.39. The lowest BCUT2D eigenvalue weighted by atomic mass is 10.2. The van der Waals surface area contributed by atoms with E-state index in [-0.39, 0.29) is 16.9 Å². The van der Waals surface area contributed by atoms with Gasteiger partial charge in [0.2, 0.25) is 5.82 Å². The number of anilines is 1. The van der Waals surface area contributed by atoms with Gasteiger partial charge in [0, 0.05) is 0 Å². The summed E-state index contributed by atoms with van der Waals surface area (Å²) in [5, 5.41) is 10.2. The molecule has 0 aromatic carbocycles. The van der Waals surface area contributed by atoms with E-state index in [1.165, 1.54) is 0 Å². The van der Waals surface area contributed by atoms with Crippen LogP contribution in [-0.4, -0.2) is 43.1 Å². The molecule has 13 heteroatoms. The van der Waals surface area contributed by atoms with Crippen LogP contribution >= 0.6 is 0 Å². The minimum atomic E-state index is -4.86. The molecule has 3 atom stereocenters. The number of carbonyl (C=O) groups is 1. The minimum absolute atomic E-state index is 0.138. The fourth-order valence-electron chi connectivity index (χ4n) is 3.22. The lowest BCUT2D eigenvalue weighted by molar-refractivity contribution is -0.148. The Morgan fingerprint density at radius 2 is 2.14 bits per heavy atom. The summed E-state index contributed by atoms with van der Waals surface area (Å²) in [6.07, 6.45) is -3.81. The number of nitrogens with zero attached hydrogens (tertiary/aromatic N) is 4. The molecule has 2 aromatic rings. The number of aromatic nitrogens is 4. The number of nitrogens with two attached hydrogens (primary N) is 1. The molecule has 1 aliphatic heterocycles. The van der Waals surface area contributed by atoms with Crippen LogP contribution in [0.15, 0.2) is 17.8 Å². The monoisotopic (exact) mass is 417 g/mol. The number of fused-ring (bicyclic) bond motifs is 2. The number of halogens is 4. The second kappa shape index (κ2) is 5.94. The third-order valence-electron chi connectivity index (χ3n) is 4.71. The zero-order chi connectivity index (χ0) is 21.3. The van der Waals surface area contributed by atoms with Gasteiger partial charge in [-0.05, 0) is 0 Å². The number of nitrogen functional groups attached to an aromatic ring is 1. The molecule has 2 aliphatic rings. The number of rotatable bonds is 4. The van der Waals surface area contributed by atoms with E-state index in [9.17, 15) is 23.1 Å². The summed E-state index contributed by atoms with van der Waals surface area (Å²) >= 11 is 0. The van der Waals surface area contributed by atoms with Crippen molar-refractivity contribution in [2.45, 2.75) is 31.9 Å². The highest BCUT2D eigenvalue weighted by molar-refractivity contribution is 5.82. The number of hydrogen-bond donors (Lipinski definition) is 2. The summed E-state index contributed by atoms with van der Waals surface area (Å²) in [4.78, 5) is 21.9. The Morgan fingerprint density at radius 1 is 1.45 bits per heavy atom. The van der Waals surface area contributed by atoms with Crippen LogP contribution in [0.1, 0.15) is 25.7 Å². The summed E-state index contributed by atoms with van der Waals surface area (Å²) < 4.78 is 65.1. The van der Waals surface area contributed by atoms with Gasteiger partial charge >= 0.3 is 12.1 Å². The highest BCUT2D eigenvalue weighted by atomic mass is 19.4. The molecular weight excluding hydrogens is 402 g/mol. The van der Waals surface area contributed by atoms with Gasteiger partial charge in [0.15, 0.2) is 23.8 Å². The number of ether oxygens (including phenoxy) is 2. The molecular formula is C16H15F4N5O4. The van der Waals surface area contributed by atoms with Gasteiger partial charge in [-0.1, -0.05) is 13.8 Å². The number of aliphatic hydroxyl groups is 1. The molecule has 2 unspecified atom stereocenters. The SMILES string of the molecule is CC(C)C(=O)OCC1=C(O)C2[C@H](n3cnc4c(N)nc(C(F)(F)F)nc43)C2(F)O1. The molecule has 156 valence electrons. The molecule has 9 nitrogen and oxygen atoms in total. The standard InChI is InChI=1S/C16H15F4N5O4/c1-5(2)13(27)28-3-6-9(26)7-10(15(7,17)29-6)25-4-22-8-11(21)23-14(16(18,19)20)24-12(8)25/h4-5,7,10,26H,3H2,1-2H3,(H2,21,23,24)/t7?,10-,15?/m0/s1. The van der Waals surface area contributed by atoms with E-state index in [4.69, 9.17) is 15.2 Å². The van der Waals surface area contributed by atoms with Crippen LogP contribution < -0.4 is 5.73 Å². The summed E-state index contributed by atoms with van der Waals surface area (Å²) in [6.45, 7) is 2.74. The van der Waals surface area contributed by atoms with Gasteiger partial charge in [0.05, 0.1) is 12.2 Å². The van der Waals surface area contributed by atoms with Crippen molar-refractivity contribution in [1.82, 2.24) is 19.5 Å². The van der Waals surface area contributed by atoms with Crippen LogP contribution in [0, 0.1) is 11.8 Å². The van der Waals surface area contributed by atoms with Crippen molar-refractivity contribution in [2.24, 2.45) is 11.8 Å². The Balaban J connectivity index is 1.64. The van der Waals surface area contributed by atoms with Gasteiger partial charge in [0.1, 0.15) is 23.2 Å². The topological polar surface area (TPSA) is 125 Å². The number of aliphatic hydroxyl groups excluding tert-OH is 1. The third kappa shape index (κ3) is 2.83. The smallest absolute Gasteiger partial charge is 0.451 e. The maximum atomic E-state index is 15.1. The van der Waals surface area contributed by atoms with Crippen LogP contribution in [0.5, 0.6) is 0 Å². The van der Waals surface area contributed by atoms with Gasteiger partial charge in [-0.25, -0.2) is 15.0 Å². The summed E-state index contributed by atoms with van der Waals surface area (Å²) in [6, 6.07) is -1.22. The minimum Gasteiger partial charge on any atom is -0.508 e. The molecule has 1 saturated carbocycles. The molecule has 4 rings (SSSR count). The Kier molecular flexibility index (Phi) is 3.93. The normalized spacial score (nSPS) is 26.0. The maximum Gasteiger partial charge on any atom is 0.451 e. The number of esters is 1. The molecule has 29 heavy (non-hydrogen) atoms. The first-order chi connectivity index (χ1) is 13.4. The van der Waals surface area contributed by atoms with E-state index < -0.39 is 59.9 Å². The Bertz CT molecular complexity index is 1050. The predicted octanol–water partition coefficient (Wildman–Crippen LogP) is 2.26. The lowest BCUT2D eigenvalue weighted by Crippen LogP contribution is -2.18. The molecule has 1 aliphatic carbocycles. The quantitative estimate of drug-likeness (QED) is 0.573. The fourth-order valence-corrected chi connectivity index (χ4v) is 3.22. The molecule has 3 heterocycles. The maximum absolute atomic E-state index is 15.1. The Labute approximate surface area is 160 Å². The second-order valence-corrected chi connectivity index (χ2v) is 7.05. The Morgan fingerprint density at radius 3 is 2.69 bits per heavy atom. The van der Waals surface area contributed by atoms with E-state index in [1.54, 1.807) is 13.8 Å². The average Bonchev–Trinajstić information content (AvgIpc) is 2.90. The van der Waals surface area contributed by atoms with Crippen molar-refractivity contribution in [1.29, 1.82) is 0 Å². The number of imidazole rings is 1. The lowest BCUT2D eigenvalue weighted by Gasteiger charge is -2.15. The molecule has 0 bridgehead atoms. The first kappa shape index (κ1) is 19.2. The second-order valence-electron chi connectivity index (χ2n) is 7.05. The Hall–Kier alpha value is -3.12. The highest BCUT2D eigenvalue weighted by Crippen LogP contribution is 2.66. The zero-order valence-electron chi connectivity index (χ0n) is 15.1. The van der Waals surface area contributed by atoms with Crippen molar-refractivity contribution in [2.75, 3.05) is 12.3 Å². The molecule has 0 saturated heterocycles. The van der Waals surface area contributed by atoms with E-state index >= 15 is 4.39 Å². The van der Waals surface area contributed by atoms with Crippen LogP contribution in [0.25, 0.3) is 11.2 Å². The third-order valence-corrected chi connectivity index (χ3v) is 4.71. The number of carbonyl (C=O) groups excluding carboxylic acids is 1. The molecule has 0 radical (unpaired) electrons. The average molecular weight is 417 g/mol. The molecule has 0 amide bonds. The van der Waals surface area contributed by atoms with Gasteiger partial charge in [0.25, 0.3) is 5.85 Å². The van der Waals surface area contributed by atoms with E-state index in [1.807, 2.05) is 0 Å². The van der Waals surface area contributed by atoms with Crippen molar-refractivity contribution >= 4 is 23.0 Å². The zero-order valence-corrected chi connectivity index (χ0v) is 15.1. The number of hydrogen-bond acceptors (Lipinski definition) is 8. The predicted molar refractivity (Wildman–Crippen MR) is 87.6 cm³/mol. The van der Waals surface area contributed by atoms with Crippen LogP contribution in [0.3, 0.4) is 0 Å². The van der Waals surface area contributed by atoms with Crippen molar-refractivity contribution < 1.29 is 36.9 Å². The largest absolute Gasteiger partial charge is 0.508 e. The fraction of sp³-hybridized carbons (Fsp3) is 0.500. The van der Waals surface area contributed by atoms with Crippen LogP contribution in [0.2, 0.25) is 0 Å². The first-order valence-corrected chi connectivity index (χ1v) is 8.49. The molecule has 3 N–H and O–H groups in total. The van der Waals surface area contributed by atoms with E-state index in [0.717, 1.165) is 10.9 Å². The van der Waals surface area contributed by atoms with Gasteiger partial charge in [-0.15, -0.1) is 0 Å². The summed E-state index contributed by atoms with van der Waals surface area (Å²) in [5.41, 5.74) is 5.04. The number of alkyl halides is 4. The van der Waals surface area contributed by atoms with Crippen molar-refractivity contribution in [3.05, 3.63) is 23.7 Å². The van der Waals surface area contributed by atoms with Gasteiger partial charge in [-0.3, -0.25) is 4.79 Å². The molecule has 0 spiro atoms. The van der Waals surface area contributed by atoms with E-state index in [0.29, 0.717) is 0 Å². The summed E-state index contributed by atoms with van der Waals surface area (Å²) in [7, 11) is 0. The van der Waals surface area contributed by atoms with Crippen LogP contribution in [-0.2, 0) is 20.4 Å². The van der Waals surface area contributed by atoms with Gasteiger partial charge in [-0.2, -0.15) is 17.6 Å². The highest BCUT2D eigenvalue weighted by Gasteiger charge is 2.77. The molecule has 1 fully saturated rings. The van der Waals surface area contributed by atoms with E-state index in [2.05, 4.69) is 15.0 Å². The first-order valence-electron chi connectivity index (χ1n) is 8.49.